The van der Waals surface area contributed by atoms with Crippen LogP contribution in [0.15, 0.2) is 11.1 Å². The van der Waals surface area contributed by atoms with Gasteiger partial charge in [0.2, 0.25) is 0 Å². The van der Waals surface area contributed by atoms with Crippen molar-refractivity contribution in [3.8, 4) is 0 Å². The molecule has 0 aromatic carbocycles. The van der Waals surface area contributed by atoms with E-state index in [0.29, 0.717) is 11.1 Å². The molecule has 0 radical (unpaired) electrons. The van der Waals surface area contributed by atoms with Crippen molar-refractivity contribution in [3.05, 3.63) is 23.3 Å². The standard InChI is InChI=1S/C8H4O2.2Rb/c9-7-3-1-5-6(7)2-4-8(5)10;;/h3-4H2;;/q-2;2*+1. The van der Waals surface area contributed by atoms with E-state index in [9.17, 15) is 9.59 Å². The maximum atomic E-state index is 10.9. The van der Waals surface area contributed by atoms with Crippen molar-refractivity contribution in [1.82, 2.24) is 0 Å². The van der Waals surface area contributed by atoms with Crippen molar-refractivity contribution in [3.63, 3.8) is 0 Å². The zero-order valence-corrected chi connectivity index (χ0v) is 17.1. The molecule has 4 heteroatoms. The van der Waals surface area contributed by atoms with Gasteiger partial charge in [-0.2, -0.15) is 0 Å². The molecular weight excluding hydrogens is 299 g/mol. The average molecular weight is 303 g/mol. The molecule has 0 aliphatic heterocycles. The fraction of sp³-hybridized carbons (Fsp3) is 0.250. The first-order valence-corrected chi connectivity index (χ1v) is 3.07. The molecule has 0 spiro atoms. The molecule has 0 amide bonds. The zero-order chi connectivity index (χ0) is 7.14. The van der Waals surface area contributed by atoms with Gasteiger partial charge in [0.05, 0.1) is 0 Å². The van der Waals surface area contributed by atoms with Crippen molar-refractivity contribution in [2.75, 3.05) is 0 Å². The molecule has 0 aromatic heterocycles. The van der Waals surface area contributed by atoms with E-state index in [1.165, 1.54) is 0 Å². The van der Waals surface area contributed by atoms with E-state index in [2.05, 4.69) is 12.2 Å². The van der Waals surface area contributed by atoms with Gasteiger partial charge in [-0.25, -0.2) is 0 Å². The summed E-state index contributed by atoms with van der Waals surface area (Å²) in [5.41, 5.74) is 0.954. The van der Waals surface area contributed by atoms with Crippen LogP contribution in [0.1, 0.15) is 12.8 Å². The number of Topliss-reactive ketones (excluding diaryl/α,β-unsaturated/α-hetero) is 2. The quantitative estimate of drug-likeness (QED) is 0.418. The van der Waals surface area contributed by atoms with Crippen molar-refractivity contribution in [1.29, 1.82) is 0 Å². The van der Waals surface area contributed by atoms with E-state index >= 15 is 0 Å². The van der Waals surface area contributed by atoms with E-state index < -0.39 is 0 Å². The summed E-state index contributed by atoms with van der Waals surface area (Å²) in [7, 11) is 0. The number of hydrogen-bond donors (Lipinski definition) is 0. The predicted octanol–water partition coefficient (Wildman–Crippen LogP) is -5.60. The summed E-state index contributed by atoms with van der Waals surface area (Å²) in [6, 6.07) is 0. The first-order valence-electron chi connectivity index (χ1n) is 3.07. The van der Waals surface area contributed by atoms with E-state index in [4.69, 9.17) is 0 Å². The Morgan fingerprint density at radius 1 is 0.833 bits per heavy atom. The summed E-state index contributed by atoms with van der Waals surface area (Å²) in [4.78, 5) is 21.7. The van der Waals surface area contributed by atoms with Crippen LogP contribution >= 0.6 is 0 Å². The average Bonchev–Trinajstić information content (AvgIpc) is 2.41. The maximum absolute atomic E-state index is 10.9. The van der Waals surface area contributed by atoms with Crippen LogP contribution in [-0.2, 0) is 9.59 Å². The molecule has 0 heterocycles. The summed E-state index contributed by atoms with van der Waals surface area (Å²) < 4.78 is 0. The van der Waals surface area contributed by atoms with Crippen molar-refractivity contribution < 1.29 is 126 Å². The van der Waals surface area contributed by atoms with Gasteiger partial charge >= 0.3 is 116 Å². The van der Waals surface area contributed by atoms with Crippen LogP contribution in [-0.4, -0.2) is 11.6 Å². The Kier molecular flexibility index (Phi) is 7.35. The molecule has 2 rings (SSSR count). The number of carbonyl (C=O) groups is 2. The monoisotopic (exact) mass is 302 g/mol. The third-order valence-electron chi connectivity index (χ3n) is 1.66. The second kappa shape index (κ2) is 6.11. The van der Waals surface area contributed by atoms with Gasteiger partial charge in [-0.15, -0.1) is 0 Å². The summed E-state index contributed by atoms with van der Waals surface area (Å²) in [5, 5.41) is 0. The van der Waals surface area contributed by atoms with Gasteiger partial charge in [-0.1, -0.05) is 12.8 Å². The molecule has 0 atom stereocenters. The normalized spacial score (nSPS) is 19.0. The van der Waals surface area contributed by atoms with Gasteiger partial charge in [0.25, 0.3) is 0 Å². The van der Waals surface area contributed by atoms with Gasteiger partial charge < -0.3 is 9.59 Å². The molecule has 0 bridgehead atoms. The third-order valence-corrected chi connectivity index (χ3v) is 1.66. The van der Waals surface area contributed by atoms with Gasteiger partial charge in [-0.05, 0) is 11.6 Å². The molecule has 0 fully saturated rings. The van der Waals surface area contributed by atoms with Crippen molar-refractivity contribution in [2.45, 2.75) is 12.8 Å². The Morgan fingerprint density at radius 2 is 1.17 bits per heavy atom. The fourth-order valence-electron chi connectivity index (χ4n) is 1.17. The number of ketones is 2. The first kappa shape index (κ1) is 14.4. The molecule has 0 saturated heterocycles. The molecule has 50 valence electrons. The minimum atomic E-state index is -0.0131. The van der Waals surface area contributed by atoms with Gasteiger partial charge in [0, 0.05) is 0 Å². The molecule has 2 aliphatic rings. The summed E-state index contributed by atoms with van der Waals surface area (Å²) in [6.07, 6.45) is 6.01. The number of allylic oxidation sites excluding steroid dienone is 4. The summed E-state index contributed by atoms with van der Waals surface area (Å²) >= 11 is 0. The maximum Gasteiger partial charge on any atom is 1.00 e. The Balaban J connectivity index is 0.000000605. The van der Waals surface area contributed by atoms with Gasteiger partial charge in [0.1, 0.15) is 0 Å². The Hall–Kier alpha value is 2.43. The molecular formula is C8H4O2Rb2. The predicted molar refractivity (Wildman–Crippen MR) is 32.8 cm³/mol. The fourth-order valence-corrected chi connectivity index (χ4v) is 1.17. The number of carbonyl (C=O) groups excluding carboxylic acids is 2. The van der Waals surface area contributed by atoms with Crippen LogP contribution < -0.4 is 116 Å². The Morgan fingerprint density at radius 3 is 1.50 bits per heavy atom. The molecule has 0 aromatic rings. The Bertz CT molecular complexity index is 259. The smallest absolute Gasteiger partial charge is 0.385 e. The minimum absolute atomic E-state index is 0. The van der Waals surface area contributed by atoms with Crippen LogP contribution in [0.4, 0.5) is 0 Å². The SMILES string of the molecule is O=C1C[C-]=C2C(=O)C[C-]=C12.[Rb+].[Rb+]. The second-order valence-corrected chi connectivity index (χ2v) is 2.30. The summed E-state index contributed by atoms with van der Waals surface area (Å²) in [5.74, 6) is -0.0262. The molecule has 0 saturated carbocycles. The van der Waals surface area contributed by atoms with Crippen molar-refractivity contribution >= 4 is 11.6 Å². The topological polar surface area (TPSA) is 34.1 Å². The van der Waals surface area contributed by atoms with Crippen LogP contribution in [0.3, 0.4) is 0 Å². The van der Waals surface area contributed by atoms with Gasteiger partial charge in [0.15, 0.2) is 0 Å². The van der Waals surface area contributed by atoms with Crippen LogP contribution in [0, 0.1) is 12.2 Å². The number of rotatable bonds is 0. The largest absolute Gasteiger partial charge is 1.00 e. The number of hydrogen-bond acceptors (Lipinski definition) is 2. The van der Waals surface area contributed by atoms with E-state index in [1.54, 1.807) is 0 Å². The molecule has 0 N–H and O–H groups in total. The third kappa shape index (κ3) is 2.72. The molecule has 2 aliphatic carbocycles. The molecule has 0 unspecified atom stereocenters. The van der Waals surface area contributed by atoms with E-state index in [0.717, 1.165) is 0 Å². The van der Waals surface area contributed by atoms with E-state index in [-0.39, 0.29) is 141 Å². The first-order chi connectivity index (χ1) is 4.79. The van der Waals surface area contributed by atoms with E-state index in [1.807, 2.05) is 0 Å². The van der Waals surface area contributed by atoms with Gasteiger partial charge in [-0.3, -0.25) is 23.3 Å². The molecule has 2 nitrogen and oxygen atoms in total. The van der Waals surface area contributed by atoms with Crippen LogP contribution in [0.5, 0.6) is 0 Å². The van der Waals surface area contributed by atoms with Crippen LogP contribution in [0.25, 0.3) is 0 Å². The Labute approximate surface area is 169 Å². The molecule has 12 heavy (non-hydrogen) atoms. The van der Waals surface area contributed by atoms with Crippen molar-refractivity contribution in [2.24, 2.45) is 0 Å². The number of fused-ring (bicyclic) bond motifs is 1. The second-order valence-electron chi connectivity index (χ2n) is 2.30. The summed E-state index contributed by atoms with van der Waals surface area (Å²) in [6.45, 7) is 0. The zero-order valence-electron chi connectivity index (χ0n) is 7.23. The minimum Gasteiger partial charge on any atom is -0.385 e. The van der Waals surface area contributed by atoms with Crippen LogP contribution in [0.2, 0.25) is 0 Å².